The second-order valence-corrected chi connectivity index (χ2v) is 3.80. The van der Waals surface area contributed by atoms with Crippen LogP contribution in [0, 0.1) is 6.92 Å². The van der Waals surface area contributed by atoms with Gasteiger partial charge < -0.3 is 9.84 Å². The fraction of sp³-hybridized carbons (Fsp3) is 0.250. The maximum absolute atomic E-state index is 10.6. The van der Waals surface area contributed by atoms with E-state index in [-0.39, 0.29) is 13.0 Å². The highest BCUT2D eigenvalue weighted by atomic mass is 16.6. The molecule has 0 aliphatic carbocycles. The number of nitrogens with zero attached hydrogens (tertiary/aromatic N) is 2. The van der Waals surface area contributed by atoms with Crippen LogP contribution in [-0.2, 0) is 17.8 Å². The van der Waals surface area contributed by atoms with E-state index in [1.807, 2.05) is 0 Å². The lowest BCUT2D eigenvalue weighted by Gasteiger charge is -2.05. The SMILES string of the molecule is Cc1nonc1COc1cccc(CC(=O)O)c1. The number of aromatic nitrogens is 2. The Morgan fingerprint density at radius 3 is 2.94 bits per heavy atom. The smallest absolute Gasteiger partial charge is 0.307 e. The molecule has 2 aromatic rings. The highest BCUT2D eigenvalue weighted by Crippen LogP contribution is 2.15. The third-order valence-corrected chi connectivity index (χ3v) is 2.38. The average Bonchev–Trinajstić information content (AvgIpc) is 2.72. The van der Waals surface area contributed by atoms with Crippen LogP contribution in [0.3, 0.4) is 0 Å². The van der Waals surface area contributed by atoms with Gasteiger partial charge >= 0.3 is 5.97 Å². The molecular formula is C12H12N2O4. The molecule has 18 heavy (non-hydrogen) atoms. The number of benzene rings is 1. The number of hydrogen-bond acceptors (Lipinski definition) is 5. The summed E-state index contributed by atoms with van der Waals surface area (Å²) >= 11 is 0. The van der Waals surface area contributed by atoms with Crippen LogP contribution in [0.4, 0.5) is 0 Å². The molecule has 0 saturated carbocycles. The monoisotopic (exact) mass is 248 g/mol. The normalized spacial score (nSPS) is 10.3. The Kier molecular flexibility index (Phi) is 3.57. The summed E-state index contributed by atoms with van der Waals surface area (Å²) in [5.74, 6) is -0.278. The quantitative estimate of drug-likeness (QED) is 0.864. The van der Waals surface area contributed by atoms with Crippen LogP contribution in [-0.4, -0.2) is 21.4 Å². The summed E-state index contributed by atoms with van der Waals surface area (Å²) in [7, 11) is 0. The Morgan fingerprint density at radius 1 is 1.44 bits per heavy atom. The first kappa shape index (κ1) is 12.1. The van der Waals surface area contributed by atoms with Gasteiger partial charge in [-0.1, -0.05) is 22.4 Å². The van der Waals surface area contributed by atoms with Gasteiger partial charge in [-0.3, -0.25) is 4.79 Å². The van der Waals surface area contributed by atoms with Gasteiger partial charge in [-0.2, -0.15) is 0 Å². The first-order valence-corrected chi connectivity index (χ1v) is 5.36. The molecule has 1 N–H and O–H groups in total. The van der Waals surface area contributed by atoms with Crippen molar-refractivity contribution in [2.45, 2.75) is 20.0 Å². The number of hydrogen-bond donors (Lipinski definition) is 1. The number of carbonyl (C=O) groups is 1. The van der Waals surface area contributed by atoms with E-state index in [0.29, 0.717) is 22.7 Å². The lowest BCUT2D eigenvalue weighted by molar-refractivity contribution is -0.136. The highest BCUT2D eigenvalue weighted by molar-refractivity contribution is 5.70. The van der Waals surface area contributed by atoms with E-state index in [9.17, 15) is 4.79 Å². The van der Waals surface area contributed by atoms with Crippen LogP contribution < -0.4 is 4.74 Å². The summed E-state index contributed by atoms with van der Waals surface area (Å²) in [6, 6.07) is 6.94. The van der Waals surface area contributed by atoms with Crippen LogP contribution in [0.5, 0.6) is 5.75 Å². The van der Waals surface area contributed by atoms with Crippen molar-refractivity contribution in [1.82, 2.24) is 10.3 Å². The van der Waals surface area contributed by atoms with Crippen LogP contribution in [0.15, 0.2) is 28.9 Å². The summed E-state index contributed by atoms with van der Waals surface area (Å²) < 4.78 is 10.1. The molecule has 94 valence electrons. The van der Waals surface area contributed by atoms with Gasteiger partial charge in [-0.05, 0) is 24.6 Å². The van der Waals surface area contributed by atoms with Crippen LogP contribution in [0.2, 0.25) is 0 Å². The minimum absolute atomic E-state index is 0.0260. The molecule has 6 heteroatoms. The van der Waals surface area contributed by atoms with Crippen LogP contribution in [0.1, 0.15) is 17.0 Å². The van der Waals surface area contributed by atoms with Crippen molar-refractivity contribution in [1.29, 1.82) is 0 Å². The largest absolute Gasteiger partial charge is 0.487 e. The molecule has 1 heterocycles. The van der Waals surface area contributed by atoms with E-state index in [2.05, 4.69) is 14.9 Å². The van der Waals surface area contributed by atoms with Crippen LogP contribution in [0.25, 0.3) is 0 Å². The molecule has 0 bridgehead atoms. The minimum Gasteiger partial charge on any atom is -0.487 e. The van der Waals surface area contributed by atoms with E-state index < -0.39 is 5.97 Å². The fourth-order valence-corrected chi connectivity index (χ4v) is 1.45. The maximum atomic E-state index is 10.6. The number of aliphatic carboxylic acids is 1. The predicted molar refractivity (Wildman–Crippen MR) is 61.1 cm³/mol. The minimum atomic E-state index is -0.872. The number of rotatable bonds is 5. The number of carboxylic acids is 1. The Hall–Kier alpha value is -2.37. The Labute approximate surface area is 103 Å². The second-order valence-electron chi connectivity index (χ2n) is 3.80. The van der Waals surface area contributed by atoms with Crippen molar-refractivity contribution in [2.75, 3.05) is 0 Å². The van der Waals surface area contributed by atoms with Gasteiger partial charge in [0.05, 0.1) is 6.42 Å². The lowest BCUT2D eigenvalue weighted by Crippen LogP contribution is -2.01. The Morgan fingerprint density at radius 2 is 2.28 bits per heavy atom. The molecule has 0 amide bonds. The molecular weight excluding hydrogens is 236 g/mol. The average molecular weight is 248 g/mol. The molecule has 0 spiro atoms. The Bertz CT molecular complexity index is 551. The van der Waals surface area contributed by atoms with Gasteiger partial charge in [0.15, 0.2) is 0 Å². The summed E-state index contributed by atoms with van der Waals surface area (Å²) in [5, 5.41) is 16.0. The molecule has 2 rings (SSSR count). The number of carboxylic acid groups (broad SMARTS) is 1. The zero-order valence-electron chi connectivity index (χ0n) is 9.79. The van der Waals surface area contributed by atoms with E-state index in [1.54, 1.807) is 31.2 Å². The molecule has 1 aromatic carbocycles. The number of aryl methyl sites for hydroxylation is 1. The summed E-state index contributed by atoms with van der Waals surface area (Å²) in [4.78, 5) is 10.6. The molecule has 0 atom stereocenters. The van der Waals surface area contributed by atoms with Gasteiger partial charge in [0, 0.05) is 0 Å². The fourth-order valence-electron chi connectivity index (χ4n) is 1.45. The van der Waals surface area contributed by atoms with Crippen molar-refractivity contribution in [3.8, 4) is 5.75 Å². The maximum Gasteiger partial charge on any atom is 0.307 e. The van der Waals surface area contributed by atoms with Crippen molar-refractivity contribution < 1.29 is 19.3 Å². The van der Waals surface area contributed by atoms with Gasteiger partial charge in [0.1, 0.15) is 23.7 Å². The first-order valence-electron chi connectivity index (χ1n) is 5.36. The molecule has 0 saturated heterocycles. The number of ether oxygens (including phenoxy) is 1. The molecule has 0 radical (unpaired) electrons. The lowest BCUT2D eigenvalue weighted by atomic mass is 10.1. The highest BCUT2D eigenvalue weighted by Gasteiger charge is 2.06. The zero-order chi connectivity index (χ0) is 13.0. The van der Waals surface area contributed by atoms with Gasteiger partial charge in [-0.15, -0.1) is 0 Å². The van der Waals surface area contributed by atoms with Crippen molar-refractivity contribution in [2.24, 2.45) is 0 Å². The van der Waals surface area contributed by atoms with E-state index in [0.717, 1.165) is 0 Å². The van der Waals surface area contributed by atoms with E-state index >= 15 is 0 Å². The Balaban J connectivity index is 2.01. The third-order valence-electron chi connectivity index (χ3n) is 2.38. The molecule has 0 unspecified atom stereocenters. The van der Waals surface area contributed by atoms with E-state index in [1.165, 1.54) is 0 Å². The predicted octanol–water partition coefficient (Wildman–Crippen LogP) is 1.58. The van der Waals surface area contributed by atoms with Crippen LogP contribution >= 0.6 is 0 Å². The van der Waals surface area contributed by atoms with Crippen molar-refractivity contribution in [3.05, 3.63) is 41.2 Å². The second kappa shape index (κ2) is 5.31. The zero-order valence-corrected chi connectivity index (χ0v) is 9.79. The molecule has 0 fully saturated rings. The first-order chi connectivity index (χ1) is 8.65. The van der Waals surface area contributed by atoms with Gasteiger partial charge in [0.25, 0.3) is 0 Å². The van der Waals surface area contributed by atoms with E-state index in [4.69, 9.17) is 9.84 Å². The summed E-state index contributed by atoms with van der Waals surface area (Å²) in [6.45, 7) is 2.02. The summed E-state index contributed by atoms with van der Waals surface area (Å²) in [6.07, 6.45) is -0.0260. The van der Waals surface area contributed by atoms with Gasteiger partial charge in [-0.25, -0.2) is 4.63 Å². The summed E-state index contributed by atoms with van der Waals surface area (Å²) in [5.41, 5.74) is 1.99. The molecule has 6 nitrogen and oxygen atoms in total. The third kappa shape index (κ3) is 3.07. The topological polar surface area (TPSA) is 85.5 Å². The molecule has 1 aromatic heterocycles. The van der Waals surface area contributed by atoms with Crippen molar-refractivity contribution in [3.63, 3.8) is 0 Å². The van der Waals surface area contributed by atoms with Crippen molar-refractivity contribution >= 4 is 5.97 Å². The molecule has 0 aliphatic heterocycles. The molecule has 0 aliphatic rings. The standard InChI is InChI=1S/C12H12N2O4/c1-8-11(14-18-13-8)7-17-10-4-2-3-9(5-10)6-12(15)16/h2-5H,6-7H2,1H3,(H,15,16). The van der Waals surface area contributed by atoms with Gasteiger partial charge in [0.2, 0.25) is 0 Å².